The van der Waals surface area contributed by atoms with Crippen LogP contribution in [0.5, 0.6) is 11.5 Å². The summed E-state index contributed by atoms with van der Waals surface area (Å²) >= 11 is 0. The number of anilines is 5. The van der Waals surface area contributed by atoms with Gasteiger partial charge in [0.2, 0.25) is 11.9 Å². The van der Waals surface area contributed by atoms with Gasteiger partial charge in [-0.15, -0.1) is 0 Å². The van der Waals surface area contributed by atoms with Crippen LogP contribution in [0.1, 0.15) is 20.8 Å². The zero-order chi connectivity index (χ0) is 28.6. The maximum atomic E-state index is 13.4. The highest BCUT2D eigenvalue weighted by Gasteiger charge is 2.43. The first-order valence-corrected chi connectivity index (χ1v) is 12.7. The summed E-state index contributed by atoms with van der Waals surface area (Å²) in [5, 5.41) is 14.5. The van der Waals surface area contributed by atoms with E-state index < -0.39 is 16.4 Å². The lowest BCUT2D eigenvalue weighted by Crippen LogP contribution is -2.51. The molecule has 2 aliphatic rings. The molecule has 3 heterocycles. The average Bonchev–Trinajstić information content (AvgIpc) is 2.94. The number of nitro benzene ring substituents is 1. The minimum absolute atomic E-state index is 0.0709. The SMILES string of the molecule is COc1cc(N2CCN(C(C)=O)CC2)ccc1Nc1ncc2c(n1)N(c1cccc([N+](=O)[O-])c1)C(=O)C(C)(C)O2. The van der Waals surface area contributed by atoms with Crippen molar-refractivity contribution in [2.24, 2.45) is 0 Å². The molecule has 1 saturated heterocycles. The number of nitrogens with one attached hydrogen (secondary N) is 1. The Balaban J connectivity index is 1.44. The first kappa shape index (κ1) is 26.7. The first-order valence-electron chi connectivity index (χ1n) is 12.7. The minimum atomic E-state index is -1.25. The highest BCUT2D eigenvalue weighted by Crippen LogP contribution is 2.42. The molecular formula is C27H29N7O6. The van der Waals surface area contributed by atoms with Crippen molar-refractivity contribution in [2.75, 3.05) is 48.4 Å². The fourth-order valence-corrected chi connectivity index (χ4v) is 4.70. The van der Waals surface area contributed by atoms with E-state index in [2.05, 4.69) is 20.2 Å². The van der Waals surface area contributed by atoms with E-state index in [1.54, 1.807) is 33.9 Å². The number of hydrogen-bond acceptors (Lipinski definition) is 10. The van der Waals surface area contributed by atoms with Crippen LogP contribution in [0, 0.1) is 10.1 Å². The number of amides is 2. The van der Waals surface area contributed by atoms with Gasteiger partial charge in [0.15, 0.2) is 17.2 Å². The summed E-state index contributed by atoms with van der Waals surface area (Å²) in [7, 11) is 1.56. The highest BCUT2D eigenvalue weighted by molar-refractivity contribution is 6.07. The van der Waals surface area contributed by atoms with Gasteiger partial charge < -0.3 is 24.6 Å². The Morgan fingerprint density at radius 1 is 1.12 bits per heavy atom. The van der Waals surface area contributed by atoms with Gasteiger partial charge in [0.1, 0.15) is 5.75 Å². The fraction of sp³-hybridized carbons (Fsp3) is 0.333. The van der Waals surface area contributed by atoms with Gasteiger partial charge in [-0.2, -0.15) is 4.98 Å². The molecule has 2 aliphatic heterocycles. The van der Waals surface area contributed by atoms with Gasteiger partial charge in [-0.25, -0.2) is 4.98 Å². The fourth-order valence-electron chi connectivity index (χ4n) is 4.70. The van der Waals surface area contributed by atoms with E-state index >= 15 is 0 Å². The number of carbonyl (C=O) groups is 2. The molecule has 0 atom stereocenters. The number of benzene rings is 2. The number of piperazine rings is 1. The molecule has 0 radical (unpaired) electrons. The van der Waals surface area contributed by atoms with Crippen molar-refractivity contribution in [3.8, 4) is 11.5 Å². The molecule has 1 aromatic heterocycles. The van der Waals surface area contributed by atoms with Gasteiger partial charge in [-0.1, -0.05) is 6.07 Å². The molecule has 0 bridgehead atoms. The van der Waals surface area contributed by atoms with Crippen LogP contribution in [0.25, 0.3) is 0 Å². The Labute approximate surface area is 230 Å². The van der Waals surface area contributed by atoms with E-state index in [9.17, 15) is 19.7 Å². The van der Waals surface area contributed by atoms with Crippen molar-refractivity contribution in [1.82, 2.24) is 14.9 Å². The third-order valence-corrected chi connectivity index (χ3v) is 6.85. The van der Waals surface area contributed by atoms with Gasteiger partial charge in [0.25, 0.3) is 11.6 Å². The third kappa shape index (κ3) is 5.05. The van der Waals surface area contributed by atoms with Crippen molar-refractivity contribution in [1.29, 1.82) is 0 Å². The van der Waals surface area contributed by atoms with E-state index in [0.29, 0.717) is 37.6 Å². The lowest BCUT2D eigenvalue weighted by Gasteiger charge is -2.37. The average molecular weight is 548 g/mol. The number of aromatic nitrogens is 2. The molecule has 0 spiro atoms. The largest absolute Gasteiger partial charge is 0.494 e. The number of carbonyl (C=O) groups excluding carboxylic acids is 2. The van der Waals surface area contributed by atoms with Gasteiger partial charge >= 0.3 is 0 Å². The molecule has 208 valence electrons. The summed E-state index contributed by atoms with van der Waals surface area (Å²) in [6, 6.07) is 11.5. The molecule has 0 aliphatic carbocycles. The Morgan fingerprint density at radius 2 is 1.88 bits per heavy atom. The number of fused-ring (bicyclic) bond motifs is 1. The lowest BCUT2D eigenvalue weighted by molar-refractivity contribution is -0.384. The molecule has 3 aromatic rings. The summed E-state index contributed by atoms with van der Waals surface area (Å²) in [6.45, 7) is 7.53. The van der Waals surface area contributed by atoms with Crippen molar-refractivity contribution < 1.29 is 24.0 Å². The van der Waals surface area contributed by atoms with E-state index in [4.69, 9.17) is 9.47 Å². The summed E-state index contributed by atoms with van der Waals surface area (Å²) in [6.07, 6.45) is 1.46. The Bertz CT molecular complexity index is 1490. The van der Waals surface area contributed by atoms with Crippen LogP contribution in [0.15, 0.2) is 48.7 Å². The van der Waals surface area contributed by atoms with Crippen LogP contribution in [0.3, 0.4) is 0 Å². The highest BCUT2D eigenvalue weighted by atomic mass is 16.6. The summed E-state index contributed by atoms with van der Waals surface area (Å²) in [5.74, 6) is 0.775. The van der Waals surface area contributed by atoms with Crippen molar-refractivity contribution in [3.63, 3.8) is 0 Å². The lowest BCUT2D eigenvalue weighted by atomic mass is 10.0. The van der Waals surface area contributed by atoms with Crippen LogP contribution in [0.4, 0.5) is 34.5 Å². The standard InChI is InChI=1S/C27H29N7O6/c1-17(35)31-10-12-32(13-11-31)18-8-9-21(22(15-18)39-4)29-26-28-16-23-24(30-26)33(25(36)27(2,3)40-23)19-6-5-7-20(14-19)34(37)38/h5-9,14-16H,10-13H2,1-4H3,(H,28,29,30). The molecular weight excluding hydrogens is 518 g/mol. The van der Waals surface area contributed by atoms with Crippen molar-refractivity contribution in [2.45, 2.75) is 26.4 Å². The molecule has 5 rings (SSSR count). The molecule has 13 nitrogen and oxygen atoms in total. The number of nitro groups is 1. The molecule has 0 saturated carbocycles. The predicted octanol–water partition coefficient (Wildman–Crippen LogP) is 3.64. The summed E-state index contributed by atoms with van der Waals surface area (Å²) in [5.41, 5.74) is 0.434. The van der Waals surface area contributed by atoms with Crippen molar-refractivity contribution >= 4 is 46.3 Å². The van der Waals surface area contributed by atoms with Gasteiger partial charge in [0, 0.05) is 57.0 Å². The molecule has 1 fully saturated rings. The minimum Gasteiger partial charge on any atom is -0.494 e. The molecule has 0 unspecified atom stereocenters. The molecule has 2 amide bonds. The van der Waals surface area contributed by atoms with E-state index in [1.165, 1.54) is 29.3 Å². The van der Waals surface area contributed by atoms with E-state index in [0.717, 1.165) is 5.69 Å². The van der Waals surface area contributed by atoms with Crippen LogP contribution >= 0.6 is 0 Å². The van der Waals surface area contributed by atoms with Crippen LogP contribution < -0.4 is 24.6 Å². The summed E-state index contributed by atoms with van der Waals surface area (Å²) in [4.78, 5) is 50.2. The molecule has 1 N–H and O–H groups in total. The van der Waals surface area contributed by atoms with Crippen LogP contribution in [-0.2, 0) is 9.59 Å². The number of methoxy groups -OCH3 is 1. The number of rotatable bonds is 6. The first-order chi connectivity index (χ1) is 19.1. The van der Waals surface area contributed by atoms with Crippen LogP contribution in [-0.4, -0.2) is 70.5 Å². The predicted molar refractivity (Wildman–Crippen MR) is 148 cm³/mol. The number of hydrogen-bond donors (Lipinski definition) is 1. The van der Waals surface area contributed by atoms with Crippen LogP contribution in [0.2, 0.25) is 0 Å². The maximum Gasteiger partial charge on any atom is 0.276 e. The second-order valence-corrected chi connectivity index (χ2v) is 9.91. The number of nitrogens with zero attached hydrogens (tertiary/aromatic N) is 6. The van der Waals surface area contributed by atoms with Gasteiger partial charge in [-0.05, 0) is 32.0 Å². The van der Waals surface area contributed by atoms with Crippen molar-refractivity contribution in [3.05, 3.63) is 58.8 Å². The zero-order valence-electron chi connectivity index (χ0n) is 22.6. The summed E-state index contributed by atoms with van der Waals surface area (Å²) < 4.78 is 11.5. The number of non-ortho nitro benzene ring substituents is 1. The normalized spacial score (nSPS) is 16.2. The third-order valence-electron chi connectivity index (χ3n) is 6.85. The zero-order valence-corrected chi connectivity index (χ0v) is 22.6. The quantitative estimate of drug-likeness (QED) is 0.359. The monoisotopic (exact) mass is 547 g/mol. The topological polar surface area (TPSA) is 143 Å². The van der Waals surface area contributed by atoms with Gasteiger partial charge in [-0.3, -0.25) is 24.6 Å². The molecule has 40 heavy (non-hydrogen) atoms. The smallest absolute Gasteiger partial charge is 0.276 e. The Kier molecular flexibility index (Phi) is 6.88. The Hall–Kier alpha value is -4.94. The number of ether oxygens (including phenoxy) is 2. The molecule has 13 heteroatoms. The Morgan fingerprint density at radius 3 is 2.55 bits per heavy atom. The maximum absolute atomic E-state index is 13.4. The van der Waals surface area contributed by atoms with E-state index in [-0.39, 0.29) is 34.8 Å². The second kappa shape index (κ2) is 10.3. The van der Waals surface area contributed by atoms with Gasteiger partial charge in [0.05, 0.1) is 29.6 Å². The second-order valence-electron chi connectivity index (χ2n) is 9.91. The molecule has 2 aromatic carbocycles. The van der Waals surface area contributed by atoms with E-state index in [1.807, 2.05) is 23.1 Å².